The smallest absolute Gasteiger partial charge is 0.255 e. The fourth-order valence-corrected chi connectivity index (χ4v) is 2.08. The Hall–Kier alpha value is -2.20. The average molecular weight is 239 g/mol. The van der Waals surface area contributed by atoms with Gasteiger partial charge in [-0.25, -0.2) is 0 Å². The molecule has 4 nitrogen and oxygen atoms in total. The monoisotopic (exact) mass is 239 g/mol. The highest BCUT2D eigenvalue weighted by Crippen LogP contribution is 2.20. The summed E-state index contributed by atoms with van der Waals surface area (Å²) in [5.41, 5.74) is 4.00. The molecule has 2 heterocycles. The number of carbonyl (C=O) groups excluding carboxylic acids is 1. The Labute approximate surface area is 105 Å². The van der Waals surface area contributed by atoms with E-state index in [0.29, 0.717) is 5.56 Å². The molecule has 0 unspecified atom stereocenters. The van der Waals surface area contributed by atoms with Gasteiger partial charge in [-0.2, -0.15) is 0 Å². The first kappa shape index (κ1) is 10.9. The molecule has 0 fully saturated rings. The van der Waals surface area contributed by atoms with Crippen LogP contribution in [0, 0.1) is 0 Å². The van der Waals surface area contributed by atoms with E-state index in [4.69, 9.17) is 0 Å². The van der Waals surface area contributed by atoms with Crippen molar-refractivity contribution in [3.05, 3.63) is 59.4 Å². The number of aromatic nitrogens is 1. The van der Waals surface area contributed by atoms with E-state index in [-0.39, 0.29) is 5.91 Å². The molecule has 4 heteroatoms. The maximum Gasteiger partial charge on any atom is 0.255 e. The van der Waals surface area contributed by atoms with Gasteiger partial charge in [-0.05, 0) is 35.4 Å². The van der Waals surface area contributed by atoms with E-state index in [2.05, 4.69) is 21.7 Å². The van der Waals surface area contributed by atoms with Gasteiger partial charge in [-0.3, -0.25) is 9.78 Å². The molecule has 1 aliphatic rings. The maximum atomic E-state index is 12.0. The molecule has 1 aliphatic heterocycles. The zero-order chi connectivity index (χ0) is 12.4. The highest BCUT2D eigenvalue weighted by molar-refractivity contribution is 6.04. The highest BCUT2D eigenvalue weighted by Gasteiger charge is 2.11. The third kappa shape index (κ3) is 2.10. The molecule has 18 heavy (non-hydrogen) atoms. The van der Waals surface area contributed by atoms with E-state index in [1.54, 1.807) is 24.5 Å². The number of nitrogens with one attached hydrogen (secondary N) is 2. The van der Waals surface area contributed by atoms with Crippen LogP contribution >= 0.6 is 0 Å². The number of benzene rings is 1. The van der Waals surface area contributed by atoms with Crippen molar-refractivity contribution in [1.82, 2.24) is 10.3 Å². The van der Waals surface area contributed by atoms with Crippen LogP contribution in [-0.2, 0) is 13.1 Å². The number of carbonyl (C=O) groups is 1. The van der Waals surface area contributed by atoms with E-state index >= 15 is 0 Å². The van der Waals surface area contributed by atoms with E-state index in [1.807, 2.05) is 12.1 Å². The fraction of sp³-hybridized carbons (Fsp3) is 0.143. The summed E-state index contributed by atoms with van der Waals surface area (Å²) < 4.78 is 0. The third-order valence-electron chi connectivity index (χ3n) is 3.04. The number of pyridine rings is 1. The lowest BCUT2D eigenvalue weighted by molar-refractivity contribution is 0.102. The minimum atomic E-state index is -0.108. The van der Waals surface area contributed by atoms with Crippen molar-refractivity contribution in [1.29, 1.82) is 0 Å². The zero-order valence-corrected chi connectivity index (χ0v) is 9.81. The van der Waals surface area contributed by atoms with Gasteiger partial charge in [-0.1, -0.05) is 6.07 Å². The standard InChI is InChI=1S/C14H13N3O/c18-14(10-3-5-15-6-4-10)17-13-2-1-11-8-16-9-12(11)7-13/h1-7,16H,8-9H2,(H,17,18). The van der Waals surface area contributed by atoms with Crippen LogP contribution in [-0.4, -0.2) is 10.9 Å². The lowest BCUT2D eigenvalue weighted by Gasteiger charge is -2.06. The van der Waals surface area contributed by atoms with Crippen LogP contribution in [0.25, 0.3) is 0 Å². The quantitative estimate of drug-likeness (QED) is 0.842. The molecule has 90 valence electrons. The Morgan fingerprint density at radius 3 is 2.72 bits per heavy atom. The van der Waals surface area contributed by atoms with Crippen molar-refractivity contribution >= 4 is 11.6 Å². The molecule has 1 amide bonds. The van der Waals surface area contributed by atoms with Crippen LogP contribution in [0.5, 0.6) is 0 Å². The normalized spacial score (nSPS) is 13.1. The molecular weight excluding hydrogens is 226 g/mol. The molecule has 0 radical (unpaired) electrons. The first-order chi connectivity index (χ1) is 8.83. The molecule has 1 aromatic heterocycles. The predicted molar refractivity (Wildman–Crippen MR) is 69.2 cm³/mol. The molecule has 0 saturated heterocycles. The van der Waals surface area contributed by atoms with Crippen LogP contribution in [0.2, 0.25) is 0 Å². The number of rotatable bonds is 2. The molecule has 2 aromatic rings. The number of anilines is 1. The highest BCUT2D eigenvalue weighted by atomic mass is 16.1. The Bertz CT molecular complexity index is 581. The zero-order valence-electron chi connectivity index (χ0n) is 9.81. The van der Waals surface area contributed by atoms with Crippen molar-refractivity contribution in [2.24, 2.45) is 0 Å². The summed E-state index contributed by atoms with van der Waals surface area (Å²) in [6.45, 7) is 1.78. The molecule has 0 spiro atoms. The fourth-order valence-electron chi connectivity index (χ4n) is 2.08. The molecule has 3 rings (SSSR count). The second-order valence-electron chi connectivity index (χ2n) is 4.28. The minimum Gasteiger partial charge on any atom is -0.322 e. The molecule has 0 bridgehead atoms. The summed E-state index contributed by atoms with van der Waals surface area (Å²) in [5, 5.41) is 6.17. The van der Waals surface area contributed by atoms with Gasteiger partial charge in [0.15, 0.2) is 0 Å². The summed E-state index contributed by atoms with van der Waals surface area (Å²) in [4.78, 5) is 15.9. The number of nitrogens with zero attached hydrogens (tertiary/aromatic N) is 1. The number of hydrogen-bond acceptors (Lipinski definition) is 3. The van der Waals surface area contributed by atoms with Crippen LogP contribution in [0.15, 0.2) is 42.7 Å². The van der Waals surface area contributed by atoms with Gasteiger partial charge in [0.05, 0.1) is 0 Å². The van der Waals surface area contributed by atoms with Gasteiger partial charge < -0.3 is 10.6 Å². The topological polar surface area (TPSA) is 54.0 Å². The largest absolute Gasteiger partial charge is 0.322 e. The Morgan fingerprint density at radius 1 is 1.11 bits per heavy atom. The van der Waals surface area contributed by atoms with Crippen molar-refractivity contribution < 1.29 is 4.79 Å². The van der Waals surface area contributed by atoms with Crippen LogP contribution in [0.3, 0.4) is 0 Å². The van der Waals surface area contributed by atoms with Crippen molar-refractivity contribution in [2.45, 2.75) is 13.1 Å². The molecule has 2 N–H and O–H groups in total. The van der Waals surface area contributed by atoms with E-state index in [9.17, 15) is 4.79 Å². The van der Waals surface area contributed by atoms with E-state index in [0.717, 1.165) is 18.8 Å². The summed E-state index contributed by atoms with van der Waals surface area (Å²) in [7, 11) is 0. The Kier molecular flexibility index (Phi) is 2.78. The maximum absolute atomic E-state index is 12.0. The SMILES string of the molecule is O=C(Nc1ccc2c(c1)CNC2)c1ccncc1. The summed E-state index contributed by atoms with van der Waals surface area (Å²) in [6, 6.07) is 9.41. The van der Waals surface area contributed by atoms with Crippen LogP contribution < -0.4 is 10.6 Å². The van der Waals surface area contributed by atoms with Gasteiger partial charge in [-0.15, -0.1) is 0 Å². The van der Waals surface area contributed by atoms with E-state index in [1.165, 1.54) is 11.1 Å². The predicted octanol–water partition coefficient (Wildman–Crippen LogP) is 1.94. The first-order valence-corrected chi connectivity index (χ1v) is 5.87. The summed E-state index contributed by atoms with van der Waals surface area (Å²) >= 11 is 0. The third-order valence-corrected chi connectivity index (χ3v) is 3.04. The summed E-state index contributed by atoms with van der Waals surface area (Å²) in [6.07, 6.45) is 3.23. The molecule has 0 atom stereocenters. The first-order valence-electron chi connectivity index (χ1n) is 5.87. The van der Waals surface area contributed by atoms with Gasteiger partial charge >= 0.3 is 0 Å². The minimum absolute atomic E-state index is 0.108. The molecule has 0 aliphatic carbocycles. The van der Waals surface area contributed by atoms with Gasteiger partial charge in [0.1, 0.15) is 0 Å². The van der Waals surface area contributed by atoms with Crippen LogP contribution in [0.1, 0.15) is 21.5 Å². The summed E-state index contributed by atoms with van der Waals surface area (Å²) in [5.74, 6) is -0.108. The van der Waals surface area contributed by atoms with Gasteiger partial charge in [0, 0.05) is 36.7 Å². The van der Waals surface area contributed by atoms with Crippen molar-refractivity contribution in [2.75, 3.05) is 5.32 Å². The average Bonchev–Trinajstić information content (AvgIpc) is 2.87. The lowest BCUT2D eigenvalue weighted by Crippen LogP contribution is -2.12. The number of fused-ring (bicyclic) bond motifs is 1. The van der Waals surface area contributed by atoms with Crippen LogP contribution in [0.4, 0.5) is 5.69 Å². The second-order valence-corrected chi connectivity index (χ2v) is 4.28. The van der Waals surface area contributed by atoms with Gasteiger partial charge in [0.25, 0.3) is 5.91 Å². The lowest BCUT2D eigenvalue weighted by atomic mass is 10.1. The Morgan fingerprint density at radius 2 is 1.89 bits per heavy atom. The Balaban J connectivity index is 1.79. The number of hydrogen-bond donors (Lipinski definition) is 2. The molecule has 0 saturated carbocycles. The second kappa shape index (κ2) is 4.58. The van der Waals surface area contributed by atoms with Crippen molar-refractivity contribution in [3.63, 3.8) is 0 Å². The number of amides is 1. The molecule has 1 aromatic carbocycles. The van der Waals surface area contributed by atoms with E-state index < -0.39 is 0 Å². The molecular formula is C14H13N3O. The van der Waals surface area contributed by atoms with Crippen molar-refractivity contribution in [3.8, 4) is 0 Å². The van der Waals surface area contributed by atoms with Gasteiger partial charge in [0.2, 0.25) is 0 Å².